The highest BCUT2D eigenvalue weighted by molar-refractivity contribution is 7.80. The fraction of sp³-hybridized carbons (Fsp3) is 0.529. The number of aromatic nitrogens is 1. The van der Waals surface area contributed by atoms with Gasteiger partial charge in [-0.15, -0.1) is 0 Å². The summed E-state index contributed by atoms with van der Waals surface area (Å²) >= 11 is 13.1. The lowest BCUT2D eigenvalue weighted by molar-refractivity contribution is -0.851. The lowest BCUT2D eigenvalue weighted by Crippen LogP contribution is -2.72. The van der Waals surface area contributed by atoms with Crippen LogP contribution in [-0.2, 0) is 0 Å². The maximum absolute atomic E-state index is 11.2. The Labute approximate surface area is 168 Å². The molecule has 9 heteroatoms. The van der Waals surface area contributed by atoms with Crippen molar-refractivity contribution in [3.8, 4) is 0 Å². The van der Waals surface area contributed by atoms with Crippen LogP contribution in [-0.4, -0.2) is 58.8 Å². The molecule has 5 nitrogen and oxygen atoms in total. The van der Waals surface area contributed by atoms with Crippen LogP contribution in [0.2, 0.25) is 11.8 Å². The second kappa shape index (κ2) is 6.91. The molecule has 2 aromatic rings. The zero-order valence-corrected chi connectivity index (χ0v) is 17.1. The average Bonchev–Trinajstić information content (AvgIpc) is 3.05. The Bertz CT molecular complexity index is 839. The molecule has 137 valence electrons. The monoisotopic (exact) mass is 408 g/mol. The number of rotatable bonds is 4. The second-order valence-corrected chi connectivity index (χ2v) is 9.22. The summed E-state index contributed by atoms with van der Waals surface area (Å²) < 4.78 is 1.93. The first-order chi connectivity index (χ1) is 12.4. The Morgan fingerprint density at radius 2 is 2.27 bits per heavy atom. The number of benzene rings is 1. The van der Waals surface area contributed by atoms with Gasteiger partial charge < -0.3 is 20.1 Å². The highest BCUT2D eigenvalue weighted by Gasteiger charge is 2.53. The molecule has 0 spiro atoms. The van der Waals surface area contributed by atoms with Crippen LogP contribution >= 0.6 is 35.2 Å². The third kappa shape index (κ3) is 3.33. The van der Waals surface area contributed by atoms with E-state index in [1.54, 1.807) is 0 Å². The number of piperidine rings is 3. The van der Waals surface area contributed by atoms with Crippen LogP contribution in [0.15, 0.2) is 18.2 Å². The zero-order valence-electron chi connectivity index (χ0n) is 14.7. The highest BCUT2D eigenvalue weighted by Crippen LogP contribution is 2.39. The van der Waals surface area contributed by atoms with Crippen molar-refractivity contribution >= 4 is 63.0 Å². The first kappa shape index (κ1) is 18.4. The maximum Gasteiger partial charge on any atom is 0.443 e. The molecule has 1 atom stereocenters. The molecule has 1 radical (unpaired) electrons. The van der Waals surface area contributed by atoms with Gasteiger partial charge in [0.2, 0.25) is 0 Å². The summed E-state index contributed by atoms with van der Waals surface area (Å²) in [4.78, 5) is 4.50. The zero-order chi connectivity index (χ0) is 18.4. The van der Waals surface area contributed by atoms with Crippen molar-refractivity contribution in [3.05, 3.63) is 23.2 Å². The molecule has 3 N–H and O–H groups in total. The third-order valence-corrected chi connectivity index (χ3v) is 7.37. The number of nitrogens with zero attached hydrogens (tertiary/aromatic N) is 2. The number of nitrogens with one attached hydrogen (secondary N) is 2. The highest BCUT2D eigenvalue weighted by atomic mass is 35.5. The number of hydrogen-bond donors (Lipinski definition) is 3. The van der Waals surface area contributed by atoms with Crippen LogP contribution in [0.25, 0.3) is 10.2 Å². The summed E-state index contributed by atoms with van der Waals surface area (Å²) in [5.74, 6) is 0.346. The van der Waals surface area contributed by atoms with Gasteiger partial charge in [-0.1, -0.05) is 29.0 Å². The fourth-order valence-corrected chi connectivity index (χ4v) is 5.75. The van der Waals surface area contributed by atoms with E-state index in [2.05, 4.69) is 29.9 Å². The van der Waals surface area contributed by atoms with Gasteiger partial charge in [0.25, 0.3) is 0 Å². The number of para-hydroxylation sites is 1. The van der Waals surface area contributed by atoms with Crippen LogP contribution in [0.3, 0.4) is 0 Å². The van der Waals surface area contributed by atoms with Gasteiger partial charge in [-0.3, -0.25) is 0 Å². The maximum atomic E-state index is 11.2. The number of anilines is 1. The molecule has 2 bridgehead atoms. The lowest BCUT2D eigenvalue weighted by Gasteiger charge is -2.56. The van der Waals surface area contributed by atoms with Gasteiger partial charge in [0.1, 0.15) is 11.1 Å². The molecule has 4 heterocycles. The minimum absolute atomic E-state index is 0.346. The first-order valence-corrected chi connectivity index (χ1v) is 10.5. The van der Waals surface area contributed by atoms with E-state index in [0.717, 1.165) is 47.1 Å². The first-order valence-electron chi connectivity index (χ1n) is 8.92. The van der Waals surface area contributed by atoms with E-state index < -0.39 is 5.60 Å². The number of fused-ring (bicyclic) bond motifs is 4. The normalized spacial score (nSPS) is 30.3. The van der Waals surface area contributed by atoms with Crippen molar-refractivity contribution in [1.82, 2.24) is 10.3 Å². The largest absolute Gasteiger partial charge is 0.443 e. The molecule has 3 aliphatic rings. The van der Waals surface area contributed by atoms with Gasteiger partial charge >= 0.3 is 7.41 Å². The molecule has 0 aliphatic carbocycles. The molecule has 5 rings (SSSR count). The van der Waals surface area contributed by atoms with Gasteiger partial charge in [-0.2, -0.15) is 0 Å². The molecular weight excluding hydrogens is 387 g/mol. The van der Waals surface area contributed by atoms with E-state index in [9.17, 15) is 5.11 Å². The molecule has 1 aromatic carbocycles. The Hall–Kier alpha value is -0.925. The molecule has 3 aliphatic heterocycles. The Morgan fingerprint density at radius 3 is 2.96 bits per heavy atom. The van der Waals surface area contributed by atoms with Gasteiger partial charge in [-0.25, -0.2) is 4.98 Å². The predicted octanol–water partition coefficient (Wildman–Crippen LogP) is 2.87. The number of thiazole rings is 1. The summed E-state index contributed by atoms with van der Waals surface area (Å²) in [6.45, 7) is 5.60. The number of aliphatic hydroxyl groups is 1. The Kier molecular flexibility index (Phi) is 4.90. The molecule has 26 heavy (non-hydrogen) atoms. The summed E-state index contributed by atoms with van der Waals surface area (Å²) in [7, 11) is 2.24. The molecule has 1 aromatic heterocycles. The Balaban J connectivity index is 1.40. The van der Waals surface area contributed by atoms with Gasteiger partial charge in [0.05, 0.1) is 35.9 Å². The van der Waals surface area contributed by atoms with Crippen molar-refractivity contribution in [2.75, 3.05) is 31.5 Å². The van der Waals surface area contributed by atoms with Crippen molar-refractivity contribution in [1.29, 1.82) is 0 Å². The molecule has 0 saturated carbocycles. The van der Waals surface area contributed by atoms with Gasteiger partial charge in [-0.05, 0) is 31.2 Å². The fourth-order valence-electron chi connectivity index (χ4n) is 4.34. The number of quaternary nitrogens is 1. The SMILES string of the molecule is C[B][N+]12CCC(CC1)C(O)(CNC(=S)Nc1nc3c(Cl)cccc3s1)C2. The third-order valence-electron chi connectivity index (χ3n) is 5.89. The summed E-state index contributed by atoms with van der Waals surface area (Å²) in [5.41, 5.74) is 0.0662. The summed E-state index contributed by atoms with van der Waals surface area (Å²) in [5, 5.41) is 19.4. The minimum atomic E-state index is -0.717. The Morgan fingerprint density at radius 1 is 1.50 bits per heavy atom. The van der Waals surface area contributed by atoms with Crippen LogP contribution in [0.5, 0.6) is 0 Å². The lowest BCUT2D eigenvalue weighted by atomic mass is 9.68. The average molecular weight is 409 g/mol. The molecule has 1 unspecified atom stereocenters. The van der Waals surface area contributed by atoms with Crippen LogP contribution in [0, 0.1) is 5.92 Å². The molecule has 0 amide bonds. The topological polar surface area (TPSA) is 57.2 Å². The molecule has 3 saturated heterocycles. The quantitative estimate of drug-likeness (QED) is 0.536. The summed E-state index contributed by atoms with van der Waals surface area (Å²) in [6.07, 6.45) is 2.14. The number of halogens is 1. The van der Waals surface area contributed by atoms with Gasteiger partial charge in [0, 0.05) is 18.8 Å². The van der Waals surface area contributed by atoms with Crippen LogP contribution in [0.4, 0.5) is 5.13 Å². The van der Waals surface area contributed by atoms with E-state index in [1.807, 2.05) is 18.2 Å². The van der Waals surface area contributed by atoms with Crippen molar-refractivity contribution in [2.45, 2.75) is 25.3 Å². The summed E-state index contributed by atoms with van der Waals surface area (Å²) in [6, 6.07) is 5.73. The second-order valence-electron chi connectivity index (χ2n) is 7.37. The number of thiocarbonyl (C=S) groups is 1. The van der Waals surface area contributed by atoms with Crippen molar-refractivity contribution < 1.29 is 9.50 Å². The van der Waals surface area contributed by atoms with Gasteiger partial charge in [0.15, 0.2) is 10.2 Å². The smallest absolute Gasteiger partial charge is 0.393 e. The standard InChI is InChI=1S/C17H22BClN4OS2/c1-18-23-7-5-11(6-8-23)17(24,10-23)9-20-15(25)22-16-21-14-12(19)3-2-4-13(14)26-16/h2-4,11,24H,5-10H2,1H3,(H2,20,21,22,25)/q+1. The molecular formula is C17H22BClN4OS2+. The van der Waals surface area contributed by atoms with E-state index in [1.165, 1.54) is 11.3 Å². The van der Waals surface area contributed by atoms with Crippen LogP contribution < -0.4 is 10.6 Å². The van der Waals surface area contributed by atoms with Crippen molar-refractivity contribution in [3.63, 3.8) is 0 Å². The van der Waals surface area contributed by atoms with Crippen LogP contribution in [0.1, 0.15) is 12.8 Å². The predicted molar refractivity (Wildman–Crippen MR) is 113 cm³/mol. The van der Waals surface area contributed by atoms with E-state index in [-0.39, 0.29) is 0 Å². The van der Waals surface area contributed by atoms with E-state index in [4.69, 9.17) is 23.8 Å². The van der Waals surface area contributed by atoms with Crippen molar-refractivity contribution in [2.24, 2.45) is 5.92 Å². The number of hydrogen-bond acceptors (Lipinski definition) is 4. The molecule has 3 fully saturated rings. The van der Waals surface area contributed by atoms with E-state index in [0.29, 0.717) is 27.7 Å². The van der Waals surface area contributed by atoms with E-state index >= 15 is 0 Å². The minimum Gasteiger partial charge on any atom is -0.393 e.